The average molecular weight is 331 g/mol. The van der Waals surface area contributed by atoms with Gasteiger partial charge in [0.25, 0.3) is 0 Å². The van der Waals surface area contributed by atoms with Crippen LogP contribution in [0.5, 0.6) is 0 Å². The first-order chi connectivity index (χ1) is 8.38. The molecule has 0 saturated carbocycles. The zero-order valence-corrected chi connectivity index (χ0v) is 13.4. The Bertz CT molecular complexity index is 487. The van der Waals surface area contributed by atoms with Crippen molar-refractivity contribution in [2.45, 2.75) is 51.6 Å². The molecule has 1 saturated heterocycles. The third-order valence-electron chi connectivity index (χ3n) is 3.11. The van der Waals surface area contributed by atoms with Gasteiger partial charge in [-0.2, -0.15) is 0 Å². The fraction of sp³-hybridized carbons (Fsp3) is 0.692. The lowest BCUT2D eigenvalue weighted by molar-refractivity contribution is 0.109. The molecule has 100 valence electrons. The van der Waals surface area contributed by atoms with E-state index in [9.17, 15) is 0 Å². The van der Waals surface area contributed by atoms with Gasteiger partial charge in [0, 0.05) is 24.1 Å². The van der Waals surface area contributed by atoms with Gasteiger partial charge in [-0.15, -0.1) is 0 Å². The third kappa shape index (κ3) is 3.19. The first-order valence-corrected chi connectivity index (χ1v) is 7.49. The minimum absolute atomic E-state index is 0.0145. The molecule has 18 heavy (non-hydrogen) atoms. The van der Waals surface area contributed by atoms with E-state index in [2.05, 4.69) is 46.7 Å². The van der Waals surface area contributed by atoms with E-state index in [4.69, 9.17) is 17.0 Å². The molecule has 1 aromatic rings. The Labute approximate surface area is 121 Å². The highest BCUT2D eigenvalue weighted by atomic mass is 79.9. The molecule has 1 unspecified atom stereocenters. The molecular weight excluding hydrogens is 312 g/mol. The van der Waals surface area contributed by atoms with Gasteiger partial charge in [0.05, 0.1) is 10.6 Å². The summed E-state index contributed by atoms with van der Waals surface area (Å²) in [7, 11) is 0. The Hall–Kier alpha value is -0.260. The van der Waals surface area contributed by atoms with Crippen LogP contribution in [-0.2, 0) is 16.6 Å². The molecule has 0 aliphatic carbocycles. The van der Waals surface area contributed by atoms with Gasteiger partial charge in [-0.25, -0.2) is 4.98 Å². The summed E-state index contributed by atoms with van der Waals surface area (Å²) in [6, 6.07) is 0. The molecule has 0 amide bonds. The van der Waals surface area contributed by atoms with E-state index >= 15 is 0 Å². The second kappa shape index (κ2) is 5.39. The lowest BCUT2D eigenvalue weighted by atomic mass is 9.92. The molecule has 0 bridgehead atoms. The Balaban J connectivity index is 2.32. The Morgan fingerprint density at radius 1 is 1.50 bits per heavy atom. The second-order valence-electron chi connectivity index (χ2n) is 5.77. The minimum Gasteiger partial charge on any atom is -0.378 e. The molecule has 1 N–H and O–H groups in total. The number of H-pyrrole nitrogens is 1. The molecule has 3 nitrogen and oxygen atoms in total. The van der Waals surface area contributed by atoms with Crippen molar-refractivity contribution in [1.82, 2.24) is 9.97 Å². The van der Waals surface area contributed by atoms with Crippen LogP contribution < -0.4 is 0 Å². The number of rotatable bonds is 2. The molecule has 1 aliphatic rings. The van der Waals surface area contributed by atoms with E-state index in [0.717, 1.165) is 41.9 Å². The predicted octanol–water partition coefficient (Wildman–Crippen LogP) is 3.92. The number of aromatic amines is 1. The smallest absolute Gasteiger partial charge is 0.144 e. The van der Waals surface area contributed by atoms with Crippen LogP contribution in [0.2, 0.25) is 0 Å². The van der Waals surface area contributed by atoms with E-state index in [0.29, 0.717) is 4.64 Å². The third-order valence-corrected chi connectivity index (χ3v) is 4.44. The van der Waals surface area contributed by atoms with E-state index < -0.39 is 0 Å². The largest absolute Gasteiger partial charge is 0.378 e. The Morgan fingerprint density at radius 3 is 2.78 bits per heavy atom. The van der Waals surface area contributed by atoms with Crippen molar-refractivity contribution in [3.63, 3.8) is 0 Å². The van der Waals surface area contributed by atoms with Crippen molar-refractivity contribution in [2.75, 3.05) is 6.61 Å². The highest BCUT2D eigenvalue weighted by Gasteiger charge is 2.22. The monoisotopic (exact) mass is 330 g/mol. The number of nitrogens with one attached hydrogen (secondary N) is 1. The van der Waals surface area contributed by atoms with Gasteiger partial charge in [0.2, 0.25) is 0 Å². The molecule has 2 rings (SSSR count). The van der Waals surface area contributed by atoms with Crippen LogP contribution in [-0.4, -0.2) is 22.7 Å². The first-order valence-electron chi connectivity index (χ1n) is 6.28. The lowest BCUT2D eigenvalue weighted by Gasteiger charge is -2.22. The Kier molecular flexibility index (Phi) is 4.24. The molecule has 1 aliphatic heterocycles. The number of aromatic nitrogens is 2. The summed E-state index contributed by atoms with van der Waals surface area (Å²) in [5, 5.41) is 0. The predicted molar refractivity (Wildman–Crippen MR) is 78.5 cm³/mol. The van der Waals surface area contributed by atoms with Gasteiger partial charge in [-0.3, -0.25) is 0 Å². The van der Waals surface area contributed by atoms with Crippen molar-refractivity contribution in [2.24, 2.45) is 0 Å². The molecular formula is C13H19BrN2OS. The van der Waals surface area contributed by atoms with Gasteiger partial charge in [0.1, 0.15) is 10.5 Å². The first kappa shape index (κ1) is 14.2. The fourth-order valence-corrected chi connectivity index (χ4v) is 3.13. The van der Waals surface area contributed by atoms with E-state index in [1.54, 1.807) is 0 Å². The molecule has 1 fully saturated rings. The van der Waals surface area contributed by atoms with Gasteiger partial charge in [-0.1, -0.05) is 33.0 Å². The van der Waals surface area contributed by atoms with Crippen LogP contribution in [0.25, 0.3) is 0 Å². The van der Waals surface area contributed by atoms with E-state index in [1.165, 1.54) is 0 Å². The summed E-state index contributed by atoms with van der Waals surface area (Å²) in [6.07, 6.45) is 3.37. The van der Waals surface area contributed by atoms with E-state index in [1.807, 2.05) is 0 Å². The zero-order chi connectivity index (χ0) is 13.3. The van der Waals surface area contributed by atoms with Gasteiger partial charge in [0.15, 0.2) is 0 Å². The zero-order valence-electron chi connectivity index (χ0n) is 11.0. The summed E-state index contributed by atoms with van der Waals surface area (Å²) in [5.74, 6) is 0.931. The summed E-state index contributed by atoms with van der Waals surface area (Å²) >= 11 is 8.85. The van der Waals surface area contributed by atoms with Crippen LogP contribution in [0, 0.1) is 4.64 Å². The maximum Gasteiger partial charge on any atom is 0.144 e. The highest BCUT2D eigenvalue weighted by molar-refractivity contribution is 9.10. The number of halogens is 1. The number of ether oxygens (including phenoxy) is 1. The maximum absolute atomic E-state index is 5.65. The SMILES string of the molecule is CC(C)(C)c1[nH]c(CC2CCCO2)nc(=S)c1Br. The number of hydrogen-bond acceptors (Lipinski definition) is 3. The second-order valence-corrected chi connectivity index (χ2v) is 6.95. The Morgan fingerprint density at radius 2 is 2.22 bits per heavy atom. The summed E-state index contributed by atoms with van der Waals surface area (Å²) in [5.41, 5.74) is 1.12. The summed E-state index contributed by atoms with van der Waals surface area (Å²) < 4.78 is 7.18. The highest BCUT2D eigenvalue weighted by Crippen LogP contribution is 2.28. The van der Waals surface area contributed by atoms with Crippen molar-refractivity contribution in [3.05, 3.63) is 20.6 Å². The normalized spacial score (nSPS) is 20.3. The maximum atomic E-state index is 5.65. The van der Waals surface area contributed by atoms with Gasteiger partial charge < -0.3 is 9.72 Å². The summed E-state index contributed by atoms with van der Waals surface area (Å²) in [4.78, 5) is 7.86. The van der Waals surface area contributed by atoms with Crippen molar-refractivity contribution in [3.8, 4) is 0 Å². The number of hydrogen-bond donors (Lipinski definition) is 1. The van der Waals surface area contributed by atoms with Crippen molar-refractivity contribution < 1.29 is 4.74 Å². The van der Waals surface area contributed by atoms with Crippen LogP contribution in [0.15, 0.2) is 4.47 Å². The molecule has 0 spiro atoms. The minimum atomic E-state index is 0.0145. The quantitative estimate of drug-likeness (QED) is 0.835. The van der Waals surface area contributed by atoms with Crippen LogP contribution in [0.3, 0.4) is 0 Å². The topological polar surface area (TPSA) is 37.9 Å². The molecule has 2 heterocycles. The average Bonchev–Trinajstić information content (AvgIpc) is 2.74. The number of nitrogens with zero attached hydrogens (tertiary/aromatic N) is 1. The molecule has 0 aromatic carbocycles. The van der Waals surface area contributed by atoms with Crippen LogP contribution in [0.4, 0.5) is 0 Å². The molecule has 0 radical (unpaired) electrons. The molecule has 1 aromatic heterocycles. The summed E-state index contributed by atoms with van der Waals surface area (Å²) in [6.45, 7) is 7.35. The molecule has 1 atom stereocenters. The van der Waals surface area contributed by atoms with Gasteiger partial charge >= 0.3 is 0 Å². The van der Waals surface area contributed by atoms with Crippen LogP contribution >= 0.6 is 28.1 Å². The van der Waals surface area contributed by atoms with Gasteiger partial charge in [-0.05, 0) is 28.8 Å². The lowest BCUT2D eigenvalue weighted by Crippen LogP contribution is -2.19. The van der Waals surface area contributed by atoms with Crippen molar-refractivity contribution >= 4 is 28.1 Å². The standard InChI is InChI=1S/C13H19BrN2OS/c1-13(2,3)11-10(14)12(18)16-9(15-11)7-8-5-4-6-17-8/h8H,4-7H2,1-3H3,(H,15,16,18). The fourth-order valence-electron chi connectivity index (χ4n) is 2.14. The van der Waals surface area contributed by atoms with Crippen molar-refractivity contribution in [1.29, 1.82) is 0 Å². The molecule has 5 heteroatoms. The van der Waals surface area contributed by atoms with E-state index in [-0.39, 0.29) is 11.5 Å². The van der Waals surface area contributed by atoms with Crippen LogP contribution in [0.1, 0.15) is 45.1 Å².